The van der Waals surface area contributed by atoms with Gasteiger partial charge >= 0.3 is 0 Å². The number of rotatable bonds is 4. The minimum absolute atomic E-state index is 0.249. The molecule has 1 saturated heterocycles. The molecule has 1 fully saturated rings. The van der Waals surface area contributed by atoms with Gasteiger partial charge in [-0.2, -0.15) is 0 Å². The van der Waals surface area contributed by atoms with E-state index in [1.807, 2.05) is 35.7 Å². The number of halogens is 2. The summed E-state index contributed by atoms with van der Waals surface area (Å²) >= 11 is 1.61. The molecule has 1 unspecified atom stereocenters. The largest absolute Gasteiger partial charge is 0.293 e. The number of carbonyl (C=O) groups is 1. The Morgan fingerprint density at radius 2 is 1.83 bits per heavy atom. The third-order valence-electron chi connectivity index (χ3n) is 5.18. The number of hydrogen-bond acceptors (Lipinski definition) is 4. The van der Waals surface area contributed by atoms with Crippen molar-refractivity contribution in [1.82, 2.24) is 0 Å². The maximum absolute atomic E-state index is 14.5. The van der Waals surface area contributed by atoms with Crippen LogP contribution in [-0.4, -0.2) is 11.4 Å². The summed E-state index contributed by atoms with van der Waals surface area (Å²) in [6, 6.07) is 12.4. The lowest BCUT2D eigenvalue weighted by molar-refractivity contribution is -0.129. The Morgan fingerprint density at radius 1 is 1.10 bits per heavy atom. The van der Waals surface area contributed by atoms with Crippen molar-refractivity contribution >= 4 is 22.8 Å². The van der Waals surface area contributed by atoms with Gasteiger partial charge in [-0.1, -0.05) is 31.2 Å². The summed E-state index contributed by atoms with van der Waals surface area (Å²) in [7, 11) is 0. The number of para-hydroxylation sites is 1. The Labute approximate surface area is 172 Å². The summed E-state index contributed by atoms with van der Waals surface area (Å²) in [6.45, 7) is 5.30. The lowest BCUT2D eigenvalue weighted by Crippen LogP contribution is -2.29. The summed E-state index contributed by atoms with van der Waals surface area (Å²) in [4.78, 5) is 20.0. The van der Waals surface area contributed by atoms with Crippen molar-refractivity contribution in [2.75, 3.05) is 5.06 Å². The van der Waals surface area contributed by atoms with E-state index in [2.05, 4.69) is 6.92 Å². The molecule has 3 nitrogen and oxygen atoms in total. The second-order valence-corrected chi connectivity index (χ2v) is 8.46. The topological polar surface area (TPSA) is 29.5 Å². The van der Waals surface area contributed by atoms with E-state index in [4.69, 9.17) is 4.84 Å². The SMILES string of the molecule is CCc1ccc(C2C(=O)C(C)(C)ON2c2c(F)cccc2F)cc1-c1cccs1. The molecule has 0 bridgehead atoms. The van der Waals surface area contributed by atoms with Gasteiger partial charge in [-0.3, -0.25) is 9.63 Å². The molecule has 0 saturated carbocycles. The predicted octanol–water partition coefficient (Wildman–Crippen LogP) is 6.10. The van der Waals surface area contributed by atoms with Gasteiger partial charge in [-0.05, 0) is 66.6 Å². The van der Waals surface area contributed by atoms with Crippen molar-refractivity contribution in [3.05, 3.63) is 76.7 Å². The molecule has 3 aromatic rings. The number of anilines is 1. The van der Waals surface area contributed by atoms with Crippen LogP contribution in [-0.2, 0) is 16.1 Å². The van der Waals surface area contributed by atoms with Crippen LogP contribution >= 0.6 is 11.3 Å². The molecular formula is C23H21F2NO2S. The second-order valence-electron chi connectivity index (χ2n) is 7.51. The van der Waals surface area contributed by atoms with Crippen LogP contribution in [0.5, 0.6) is 0 Å². The number of hydrogen-bond donors (Lipinski definition) is 0. The number of aryl methyl sites for hydroxylation is 1. The van der Waals surface area contributed by atoms with Gasteiger partial charge in [-0.15, -0.1) is 11.3 Å². The number of nitrogens with zero attached hydrogens (tertiary/aromatic N) is 1. The normalized spacial score (nSPS) is 18.4. The second kappa shape index (κ2) is 7.35. The smallest absolute Gasteiger partial charge is 0.196 e. The van der Waals surface area contributed by atoms with Gasteiger partial charge in [0.25, 0.3) is 0 Å². The van der Waals surface area contributed by atoms with Gasteiger partial charge in [0, 0.05) is 4.88 Å². The van der Waals surface area contributed by atoms with Crippen LogP contribution in [0.1, 0.15) is 37.9 Å². The quantitative estimate of drug-likeness (QED) is 0.518. The summed E-state index contributed by atoms with van der Waals surface area (Å²) in [5.74, 6) is -1.80. The van der Waals surface area contributed by atoms with Gasteiger partial charge < -0.3 is 0 Å². The summed E-state index contributed by atoms with van der Waals surface area (Å²) < 4.78 is 29.0. The van der Waals surface area contributed by atoms with Crippen molar-refractivity contribution in [3.63, 3.8) is 0 Å². The van der Waals surface area contributed by atoms with Crippen molar-refractivity contribution < 1.29 is 18.4 Å². The number of Topliss-reactive ketones (excluding diaryl/α,β-unsaturated/α-hetero) is 1. The van der Waals surface area contributed by atoms with E-state index in [-0.39, 0.29) is 11.5 Å². The molecule has 2 aromatic carbocycles. The molecule has 150 valence electrons. The predicted molar refractivity (Wildman–Crippen MR) is 111 cm³/mol. The summed E-state index contributed by atoms with van der Waals surface area (Å²) in [6.07, 6.45) is 0.833. The zero-order valence-corrected chi connectivity index (χ0v) is 17.2. The van der Waals surface area contributed by atoms with Gasteiger partial charge in [0.1, 0.15) is 11.7 Å². The molecule has 29 heavy (non-hydrogen) atoms. The van der Waals surface area contributed by atoms with E-state index < -0.39 is 23.3 Å². The fourth-order valence-electron chi connectivity index (χ4n) is 3.67. The zero-order chi connectivity index (χ0) is 20.8. The first-order valence-corrected chi connectivity index (χ1v) is 10.3. The maximum atomic E-state index is 14.5. The number of carbonyl (C=O) groups excluding carboxylic acids is 1. The molecule has 1 aliphatic rings. The van der Waals surface area contributed by atoms with Crippen molar-refractivity contribution in [2.45, 2.75) is 38.8 Å². The molecule has 1 aromatic heterocycles. The van der Waals surface area contributed by atoms with Crippen molar-refractivity contribution in [3.8, 4) is 10.4 Å². The molecule has 4 rings (SSSR count). The Hall–Kier alpha value is -2.57. The van der Waals surface area contributed by atoms with Crippen molar-refractivity contribution in [1.29, 1.82) is 0 Å². The molecule has 0 spiro atoms. The van der Waals surface area contributed by atoms with Crippen LogP contribution in [0.2, 0.25) is 0 Å². The number of ketones is 1. The molecule has 6 heteroatoms. The highest BCUT2D eigenvalue weighted by Gasteiger charge is 2.50. The molecule has 2 heterocycles. The number of thiophene rings is 1. The maximum Gasteiger partial charge on any atom is 0.196 e. The minimum atomic E-state index is -1.20. The summed E-state index contributed by atoms with van der Waals surface area (Å²) in [5.41, 5.74) is 1.25. The van der Waals surface area contributed by atoms with Crippen LogP contribution in [0, 0.1) is 11.6 Å². The third-order valence-corrected chi connectivity index (χ3v) is 6.08. The highest BCUT2D eigenvalue weighted by Crippen LogP contribution is 2.43. The first-order valence-electron chi connectivity index (χ1n) is 9.47. The van der Waals surface area contributed by atoms with E-state index in [1.54, 1.807) is 25.2 Å². The molecule has 0 aliphatic carbocycles. The lowest BCUT2D eigenvalue weighted by atomic mass is 9.90. The van der Waals surface area contributed by atoms with E-state index >= 15 is 0 Å². The van der Waals surface area contributed by atoms with Crippen molar-refractivity contribution in [2.24, 2.45) is 0 Å². The summed E-state index contributed by atoms with van der Waals surface area (Å²) in [5, 5.41) is 3.08. The Morgan fingerprint density at radius 3 is 2.45 bits per heavy atom. The van der Waals surface area contributed by atoms with E-state index in [9.17, 15) is 13.6 Å². The first kappa shape index (κ1) is 19.7. The van der Waals surface area contributed by atoms with Crippen LogP contribution in [0.15, 0.2) is 53.9 Å². The lowest BCUT2D eigenvalue weighted by Gasteiger charge is -2.25. The van der Waals surface area contributed by atoms with Gasteiger partial charge in [-0.25, -0.2) is 13.8 Å². The Kier molecular flexibility index (Phi) is 5.00. The number of benzene rings is 2. The highest BCUT2D eigenvalue weighted by atomic mass is 32.1. The van der Waals surface area contributed by atoms with Crippen LogP contribution in [0.4, 0.5) is 14.5 Å². The third kappa shape index (κ3) is 3.36. The Balaban J connectivity index is 1.87. The highest BCUT2D eigenvalue weighted by molar-refractivity contribution is 7.13. The molecule has 1 aliphatic heterocycles. The molecule has 0 N–H and O–H groups in total. The fourth-order valence-corrected chi connectivity index (χ4v) is 4.45. The van der Waals surface area contributed by atoms with E-state index in [0.717, 1.165) is 39.6 Å². The molecular weight excluding hydrogens is 392 g/mol. The average molecular weight is 413 g/mol. The van der Waals surface area contributed by atoms with E-state index in [1.165, 1.54) is 6.07 Å². The van der Waals surface area contributed by atoms with Crippen LogP contribution in [0.3, 0.4) is 0 Å². The van der Waals surface area contributed by atoms with Gasteiger partial charge in [0.15, 0.2) is 23.0 Å². The molecule has 1 atom stereocenters. The zero-order valence-electron chi connectivity index (χ0n) is 16.4. The fraction of sp³-hybridized carbons (Fsp3) is 0.261. The number of hydroxylamine groups is 1. The first-order chi connectivity index (χ1) is 13.8. The molecule has 0 radical (unpaired) electrons. The monoisotopic (exact) mass is 413 g/mol. The average Bonchev–Trinajstić information content (AvgIpc) is 3.29. The Bertz CT molecular complexity index is 1040. The van der Waals surface area contributed by atoms with Crippen LogP contribution in [0.25, 0.3) is 10.4 Å². The van der Waals surface area contributed by atoms with E-state index in [0.29, 0.717) is 5.56 Å². The van der Waals surface area contributed by atoms with Gasteiger partial charge in [0.2, 0.25) is 0 Å². The minimum Gasteiger partial charge on any atom is -0.293 e. The molecule has 0 amide bonds. The van der Waals surface area contributed by atoms with Gasteiger partial charge in [0.05, 0.1) is 0 Å². The standard InChI is InChI=1S/C23H21F2NO2S/c1-4-14-10-11-15(13-16(14)19-9-6-12-29-19)20-22(27)23(2,3)28-26(20)21-17(24)7-5-8-18(21)25/h5-13,20H,4H2,1-3H3. The van der Waals surface area contributed by atoms with Crippen LogP contribution < -0.4 is 5.06 Å².